The van der Waals surface area contributed by atoms with Crippen LogP contribution in [0.5, 0.6) is 5.75 Å². The van der Waals surface area contributed by atoms with Crippen LogP contribution < -0.4 is 15.0 Å². The van der Waals surface area contributed by atoms with E-state index < -0.39 is 23.7 Å². The number of nitrogens with zero attached hydrogens (tertiary/aromatic N) is 4. The zero-order chi connectivity index (χ0) is 26.5. The average Bonchev–Trinajstić information content (AvgIpc) is 3.61. The molecule has 1 fully saturated rings. The Bertz CT molecular complexity index is 1420. The third-order valence-corrected chi connectivity index (χ3v) is 6.54. The van der Waals surface area contributed by atoms with E-state index >= 15 is 0 Å². The lowest BCUT2D eigenvalue weighted by Gasteiger charge is -2.32. The number of ether oxygens (including phenoxy) is 2. The molecule has 38 heavy (non-hydrogen) atoms. The minimum atomic E-state index is -1.12. The number of aromatic nitrogens is 3. The molecule has 1 N–H and O–H groups in total. The Morgan fingerprint density at radius 2 is 1.89 bits per heavy atom. The highest BCUT2D eigenvalue weighted by molar-refractivity contribution is 6.02. The summed E-state index contributed by atoms with van der Waals surface area (Å²) in [5.41, 5.74) is 2.17. The van der Waals surface area contributed by atoms with Gasteiger partial charge in [0, 0.05) is 13.2 Å². The van der Waals surface area contributed by atoms with Crippen molar-refractivity contribution in [1.29, 1.82) is 0 Å². The molecule has 10 heteroatoms. The number of methoxy groups -OCH3 is 1. The van der Waals surface area contributed by atoms with Gasteiger partial charge in [0.15, 0.2) is 0 Å². The van der Waals surface area contributed by atoms with Gasteiger partial charge in [-0.05, 0) is 54.8 Å². The van der Waals surface area contributed by atoms with Crippen molar-refractivity contribution < 1.29 is 23.5 Å². The SMILES string of the molecule is COc1ccccc1N(C(=O)Cn1nnc2ccccc21)[C@@H](C(=O)NC[C@@H]1CCCO1)c1ccc(F)cc1. The van der Waals surface area contributed by atoms with Gasteiger partial charge in [-0.3, -0.25) is 14.5 Å². The Morgan fingerprint density at radius 1 is 1.13 bits per heavy atom. The van der Waals surface area contributed by atoms with E-state index in [1.165, 1.54) is 41.0 Å². The average molecular weight is 518 g/mol. The number of anilines is 1. The fourth-order valence-electron chi connectivity index (χ4n) is 4.66. The van der Waals surface area contributed by atoms with Crippen molar-refractivity contribution >= 4 is 28.5 Å². The number of rotatable bonds is 9. The smallest absolute Gasteiger partial charge is 0.249 e. The summed E-state index contributed by atoms with van der Waals surface area (Å²) in [6.07, 6.45) is 1.68. The number of para-hydroxylation sites is 3. The van der Waals surface area contributed by atoms with Gasteiger partial charge >= 0.3 is 0 Å². The first-order valence-corrected chi connectivity index (χ1v) is 12.4. The number of halogens is 1. The molecule has 2 heterocycles. The van der Waals surface area contributed by atoms with E-state index in [0.29, 0.717) is 41.2 Å². The van der Waals surface area contributed by atoms with Crippen LogP contribution in [0, 0.1) is 5.82 Å². The molecule has 0 bridgehead atoms. The predicted octanol–water partition coefficient (Wildman–Crippen LogP) is 3.65. The van der Waals surface area contributed by atoms with Gasteiger partial charge in [-0.15, -0.1) is 5.10 Å². The monoisotopic (exact) mass is 517 g/mol. The van der Waals surface area contributed by atoms with Gasteiger partial charge in [-0.1, -0.05) is 41.6 Å². The maximum Gasteiger partial charge on any atom is 0.249 e. The second-order valence-electron chi connectivity index (χ2n) is 9.01. The van der Waals surface area contributed by atoms with Gasteiger partial charge in [0.25, 0.3) is 0 Å². The molecule has 0 unspecified atom stereocenters. The van der Waals surface area contributed by atoms with Gasteiger partial charge in [-0.25, -0.2) is 9.07 Å². The number of carbonyl (C=O) groups excluding carboxylic acids is 2. The predicted molar refractivity (Wildman–Crippen MR) is 139 cm³/mol. The Balaban J connectivity index is 1.56. The molecular formula is C28H28FN5O4. The molecule has 0 spiro atoms. The number of benzene rings is 3. The normalized spacial score (nSPS) is 15.8. The Morgan fingerprint density at radius 3 is 2.66 bits per heavy atom. The van der Waals surface area contributed by atoms with E-state index in [0.717, 1.165) is 12.8 Å². The number of nitrogens with one attached hydrogen (secondary N) is 1. The quantitative estimate of drug-likeness (QED) is 0.364. The van der Waals surface area contributed by atoms with Crippen LogP contribution in [0.15, 0.2) is 72.8 Å². The molecule has 196 valence electrons. The number of hydrogen-bond acceptors (Lipinski definition) is 6. The highest BCUT2D eigenvalue weighted by Gasteiger charge is 2.35. The molecule has 2 atom stereocenters. The standard InChI is InChI=1S/C28H28FN5O4/c1-37-25-11-5-4-10-24(25)34(26(35)18-33-23-9-3-2-8-22(23)31-32-33)27(19-12-14-20(29)15-13-19)28(36)30-17-21-7-6-16-38-21/h2-5,8-15,21,27H,6-7,16-18H2,1H3,(H,30,36)/t21-,27+/m0/s1. The maximum atomic E-state index is 14.1. The van der Waals surface area contributed by atoms with Gasteiger partial charge < -0.3 is 14.8 Å². The summed E-state index contributed by atoms with van der Waals surface area (Å²) >= 11 is 0. The van der Waals surface area contributed by atoms with Crippen molar-refractivity contribution in [3.63, 3.8) is 0 Å². The van der Waals surface area contributed by atoms with Crippen molar-refractivity contribution in [3.05, 3.63) is 84.2 Å². The molecule has 1 aliphatic rings. The molecule has 1 saturated heterocycles. The van der Waals surface area contributed by atoms with Crippen LogP contribution in [0.3, 0.4) is 0 Å². The first-order valence-electron chi connectivity index (χ1n) is 12.4. The fourth-order valence-corrected chi connectivity index (χ4v) is 4.66. The van der Waals surface area contributed by atoms with Crippen LogP contribution in [0.4, 0.5) is 10.1 Å². The first-order chi connectivity index (χ1) is 18.5. The van der Waals surface area contributed by atoms with Gasteiger partial charge in [-0.2, -0.15) is 0 Å². The largest absolute Gasteiger partial charge is 0.495 e. The summed E-state index contributed by atoms with van der Waals surface area (Å²) in [7, 11) is 1.50. The summed E-state index contributed by atoms with van der Waals surface area (Å²) in [4.78, 5) is 29.2. The van der Waals surface area contributed by atoms with Crippen molar-refractivity contribution in [2.45, 2.75) is 31.5 Å². The molecule has 0 radical (unpaired) electrons. The third kappa shape index (κ3) is 5.35. The molecule has 0 aliphatic carbocycles. The van der Waals surface area contributed by atoms with Gasteiger partial charge in [0.05, 0.1) is 24.4 Å². The van der Waals surface area contributed by atoms with Crippen LogP contribution in [0.25, 0.3) is 11.0 Å². The molecule has 1 aliphatic heterocycles. The summed E-state index contributed by atoms with van der Waals surface area (Å²) < 4.78 is 26.6. The maximum absolute atomic E-state index is 14.1. The number of carbonyl (C=O) groups is 2. The zero-order valence-electron chi connectivity index (χ0n) is 20.9. The summed E-state index contributed by atoms with van der Waals surface area (Å²) in [6.45, 7) is 0.771. The van der Waals surface area contributed by atoms with Crippen molar-refractivity contribution in [2.75, 3.05) is 25.2 Å². The van der Waals surface area contributed by atoms with Crippen LogP contribution in [-0.2, 0) is 20.9 Å². The van der Waals surface area contributed by atoms with Gasteiger partial charge in [0.1, 0.15) is 29.7 Å². The van der Waals surface area contributed by atoms with E-state index in [1.54, 1.807) is 30.3 Å². The number of hydrogen-bond donors (Lipinski definition) is 1. The lowest BCUT2D eigenvalue weighted by molar-refractivity contribution is -0.127. The first kappa shape index (κ1) is 25.3. The van der Waals surface area contributed by atoms with E-state index in [9.17, 15) is 14.0 Å². The molecule has 3 aromatic carbocycles. The summed E-state index contributed by atoms with van der Waals surface area (Å²) in [5, 5.41) is 11.2. The molecule has 0 saturated carbocycles. The zero-order valence-corrected chi connectivity index (χ0v) is 20.9. The number of amides is 2. The molecule has 5 rings (SSSR count). The van der Waals surface area contributed by atoms with E-state index in [-0.39, 0.29) is 12.6 Å². The molecule has 9 nitrogen and oxygen atoms in total. The number of fused-ring (bicyclic) bond motifs is 1. The molecule has 1 aromatic heterocycles. The topological polar surface area (TPSA) is 98.6 Å². The summed E-state index contributed by atoms with van der Waals surface area (Å²) in [6, 6.07) is 18.7. The van der Waals surface area contributed by atoms with Crippen molar-refractivity contribution in [1.82, 2.24) is 20.3 Å². The Labute approximate surface area is 219 Å². The lowest BCUT2D eigenvalue weighted by Crippen LogP contribution is -2.46. The molecular weight excluding hydrogens is 489 g/mol. The van der Waals surface area contributed by atoms with Crippen molar-refractivity contribution in [3.8, 4) is 5.75 Å². The van der Waals surface area contributed by atoms with E-state index in [4.69, 9.17) is 9.47 Å². The van der Waals surface area contributed by atoms with Gasteiger partial charge in [0.2, 0.25) is 11.8 Å². The highest BCUT2D eigenvalue weighted by Crippen LogP contribution is 2.35. The second-order valence-corrected chi connectivity index (χ2v) is 9.01. The van der Waals surface area contributed by atoms with Crippen molar-refractivity contribution in [2.24, 2.45) is 0 Å². The summed E-state index contributed by atoms with van der Waals surface area (Å²) in [5.74, 6) is -0.888. The van der Waals surface area contributed by atoms with Crippen LogP contribution >= 0.6 is 0 Å². The third-order valence-electron chi connectivity index (χ3n) is 6.54. The highest BCUT2D eigenvalue weighted by atomic mass is 19.1. The van der Waals surface area contributed by atoms with Crippen LogP contribution in [-0.4, -0.2) is 53.2 Å². The lowest BCUT2D eigenvalue weighted by atomic mass is 10.0. The van der Waals surface area contributed by atoms with E-state index in [1.807, 2.05) is 18.2 Å². The second kappa shape index (κ2) is 11.4. The van der Waals surface area contributed by atoms with E-state index in [2.05, 4.69) is 15.6 Å². The fraction of sp³-hybridized carbons (Fsp3) is 0.286. The Hall–Kier alpha value is -4.31. The minimum Gasteiger partial charge on any atom is -0.495 e. The minimum absolute atomic E-state index is 0.0928. The molecule has 4 aromatic rings. The van der Waals surface area contributed by atoms with Crippen LogP contribution in [0.1, 0.15) is 24.4 Å². The Kier molecular flexibility index (Phi) is 7.60. The molecule has 2 amide bonds. The van der Waals surface area contributed by atoms with Crippen LogP contribution in [0.2, 0.25) is 0 Å².